The number of carbonyl (C=O) groups is 1. The van der Waals surface area contributed by atoms with Crippen LogP contribution in [0.4, 0.5) is 0 Å². The molecule has 4 rings (SSSR count). The van der Waals surface area contributed by atoms with Crippen molar-refractivity contribution in [1.82, 2.24) is 15.2 Å². The van der Waals surface area contributed by atoms with Crippen molar-refractivity contribution < 1.29 is 4.79 Å². The summed E-state index contributed by atoms with van der Waals surface area (Å²) in [6.45, 7) is 0. The third-order valence-corrected chi connectivity index (χ3v) is 6.81. The standard InChI is InChI=1S/C17H11N3OS4/c21-11(12-4-1-7-22-12)10-25-17-18-15(13-5-2-8-23-13)16(19-20-17)14-6-3-9-24-14/h1-9H,10H2. The van der Waals surface area contributed by atoms with Gasteiger partial charge in [-0.05, 0) is 34.3 Å². The second-order valence-electron chi connectivity index (χ2n) is 4.94. The van der Waals surface area contributed by atoms with Crippen LogP contribution in [0.5, 0.6) is 0 Å². The Morgan fingerprint density at radius 2 is 1.56 bits per heavy atom. The minimum absolute atomic E-state index is 0.0867. The summed E-state index contributed by atoms with van der Waals surface area (Å²) < 4.78 is 0. The second-order valence-corrected chi connectivity index (χ2v) is 8.72. The number of thiophene rings is 3. The highest BCUT2D eigenvalue weighted by Gasteiger charge is 2.16. The normalized spacial score (nSPS) is 10.9. The molecule has 0 amide bonds. The van der Waals surface area contributed by atoms with Crippen molar-refractivity contribution in [1.29, 1.82) is 0 Å². The van der Waals surface area contributed by atoms with Crippen LogP contribution in [-0.4, -0.2) is 26.7 Å². The monoisotopic (exact) mass is 401 g/mol. The minimum atomic E-state index is 0.0867. The molecule has 0 aliphatic carbocycles. The lowest BCUT2D eigenvalue weighted by Crippen LogP contribution is -2.02. The number of carbonyl (C=O) groups excluding carboxylic acids is 1. The molecule has 0 atom stereocenters. The summed E-state index contributed by atoms with van der Waals surface area (Å²) in [4.78, 5) is 19.7. The molecule has 0 radical (unpaired) electrons. The smallest absolute Gasteiger partial charge is 0.210 e. The first-order valence-corrected chi connectivity index (χ1v) is 11.0. The first-order chi connectivity index (χ1) is 12.3. The van der Waals surface area contributed by atoms with E-state index in [1.54, 1.807) is 22.7 Å². The Balaban J connectivity index is 1.62. The molecule has 124 valence electrons. The molecule has 0 fully saturated rings. The molecule has 0 aliphatic rings. The molecular weight excluding hydrogens is 390 g/mol. The number of thioether (sulfide) groups is 1. The van der Waals surface area contributed by atoms with Crippen LogP contribution in [0.15, 0.2) is 57.7 Å². The number of nitrogens with zero attached hydrogens (tertiary/aromatic N) is 3. The van der Waals surface area contributed by atoms with E-state index < -0.39 is 0 Å². The fourth-order valence-corrected chi connectivity index (χ4v) is 5.03. The maximum Gasteiger partial charge on any atom is 0.210 e. The molecular formula is C17H11N3OS4. The Kier molecular flexibility index (Phi) is 5.02. The molecule has 0 N–H and O–H groups in total. The van der Waals surface area contributed by atoms with E-state index in [0.717, 1.165) is 26.0 Å². The molecule has 0 aliphatic heterocycles. The van der Waals surface area contributed by atoms with E-state index in [1.165, 1.54) is 23.1 Å². The summed E-state index contributed by atoms with van der Waals surface area (Å²) in [5, 5.41) is 15.1. The molecule has 0 saturated heterocycles. The summed E-state index contributed by atoms with van der Waals surface area (Å²) >= 11 is 6.01. The van der Waals surface area contributed by atoms with Gasteiger partial charge in [-0.15, -0.1) is 44.2 Å². The van der Waals surface area contributed by atoms with E-state index in [4.69, 9.17) is 0 Å². The van der Waals surface area contributed by atoms with E-state index in [-0.39, 0.29) is 5.78 Å². The van der Waals surface area contributed by atoms with Gasteiger partial charge in [0, 0.05) is 0 Å². The van der Waals surface area contributed by atoms with Crippen molar-refractivity contribution in [2.75, 3.05) is 5.75 Å². The van der Waals surface area contributed by atoms with Crippen LogP contribution in [0.1, 0.15) is 9.67 Å². The van der Waals surface area contributed by atoms with Crippen molar-refractivity contribution in [2.24, 2.45) is 0 Å². The Morgan fingerprint density at radius 1 is 0.880 bits per heavy atom. The van der Waals surface area contributed by atoms with Gasteiger partial charge in [0.1, 0.15) is 11.4 Å². The Labute approximate surface area is 160 Å². The predicted molar refractivity (Wildman–Crippen MR) is 106 cm³/mol. The third-order valence-electron chi connectivity index (χ3n) is 3.30. The number of aromatic nitrogens is 3. The van der Waals surface area contributed by atoms with E-state index >= 15 is 0 Å². The molecule has 0 bridgehead atoms. The molecule has 4 aromatic rings. The van der Waals surface area contributed by atoms with Crippen LogP contribution in [0, 0.1) is 0 Å². The maximum atomic E-state index is 12.2. The molecule has 4 heterocycles. The molecule has 8 heteroatoms. The van der Waals surface area contributed by atoms with E-state index in [0.29, 0.717) is 10.9 Å². The van der Waals surface area contributed by atoms with Crippen molar-refractivity contribution in [3.63, 3.8) is 0 Å². The molecule has 4 aromatic heterocycles. The number of hydrogen-bond donors (Lipinski definition) is 0. The van der Waals surface area contributed by atoms with E-state index in [1.807, 2.05) is 52.5 Å². The van der Waals surface area contributed by atoms with Crippen LogP contribution in [0.25, 0.3) is 21.1 Å². The first-order valence-electron chi connectivity index (χ1n) is 7.33. The largest absolute Gasteiger partial charge is 0.292 e. The van der Waals surface area contributed by atoms with Gasteiger partial charge in [0.2, 0.25) is 5.16 Å². The number of Topliss-reactive ketones (excluding diaryl/α,β-unsaturated/α-hetero) is 1. The summed E-state index contributed by atoms with van der Waals surface area (Å²) in [6.07, 6.45) is 0. The summed E-state index contributed by atoms with van der Waals surface area (Å²) in [5.41, 5.74) is 1.60. The zero-order chi connectivity index (χ0) is 17.1. The molecule has 0 saturated carbocycles. The van der Waals surface area contributed by atoms with Gasteiger partial charge in [-0.3, -0.25) is 4.79 Å². The quantitative estimate of drug-likeness (QED) is 0.321. The van der Waals surface area contributed by atoms with Gasteiger partial charge < -0.3 is 0 Å². The zero-order valence-electron chi connectivity index (χ0n) is 12.8. The number of hydrogen-bond acceptors (Lipinski definition) is 8. The summed E-state index contributed by atoms with van der Waals surface area (Å²) in [6, 6.07) is 11.7. The predicted octanol–water partition coefficient (Wildman–Crippen LogP) is 5.37. The lowest BCUT2D eigenvalue weighted by molar-refractivity contribution is 0.102. The van der Waals surface area contributed by atoms with Crippen LogP contribution < -0.4 is 0 Å². The van der Waals surface area contributed by atoms with Crippen molar-refractivity contribution in [2.45, 2.75) is 5.16 Å². The maximum absolute atomic E-state index is 12.2. The number of rotatable bonds is 6. The lowest BCUT2D eigenvalue weighted by Gasteiger charge is -2.06. The molecule has 0 spiro atoms. The van der Waals surface area contributed by atoms with Gasteiger partial charge in [0.15, 0.2) is 5.78 Å². The third kappa shape index (κ3) is 3.72. The fourth-order valence-electron chi connectivity index (χ4n) is 2.18. The van der Waals surface area contributed by atoms with Gasteiger partial charge in [-0.25, -0.2) is 4.98 Å². The minimum Gasteiger partial charge on any atom is -0.292 e. The van der Waals surface area contributed by atoms with Crippen molar-refractivity contribution in [3.8, 4) is 21.1 Å². The Bertz CT molecular complexity index is 964. The molecule has 4 nitrogen and oxygen atoms in total. The Hall–Kier alpha value is -1.87. The summed E-state index contributed by atoms with van der Waals surface area (Å²) in [5.74, 6) is 0.397. The molecule has 0 aromatic carbocycles. The summed E-state index contributed by atoms with van der Waals surface area (Å²) in [7, 11) is 0. The lowest BCUT2D eigenvalue weighted by atomic mass is 10.2. The zero-order valence-corrected chi connectivity index (χ0v) is 16.1. The van der Waals surface area contributed by atoms with Crippen LogP contribution >= 0.6 is 45.8 Å². The van der Waals surface area contributed by atoms with Crippen LogP contribution in [0.3, 0.4) is 0 Å². The topological polar surface area (TPSA) is 55.7 Å². The number of ketones is 1. The van der Waals surface area contributed by atoms with E-state index in [2.05, 4.69) is 15.2 Å². The van der Waals surface area contributed by atoms with Crippen molar-refractivity contribution in [3.05, 3.63) is 57.4 Å². The average Bonchev–Trinajstić information content (AvgIpc) is 3.42. The van der Waals surface area contributed by atoms with Gasteiger partial charge in [-0.2, -0.15) is 0 Å². The average molecular weight is 402 g/mol. The van der Waals surface area contributed by atoms with Crippen LogP contribution in [-0.2, 0) is 0 Å². The fraction of sp³-hybridized carbons (Fsp3) is 0.0588. The van der Waals surface area contributed by atoms with Gasteiger partial charge >= 0.3 is 0 Å². The Morgan fingerprint density at radius 3 is 2.20 bits per heavy atom. The van der Waals surface area contributed by atoms with Crippen molar-refractivity contribution >= 4 is 51.6 Å². The van der Waals surface area contributed by atoms with Gasteiger partial charge in [-0.1, -0.05) is 30.0 Å². The highest BCUT2D eigenvalue weighted by molar-refractivity contribution is 7.99. The van der Waals surface area contributed by atoms with Gasteiger partial charge in [0.05, 0.1) is 20.4 Å². The highest BCUT2D eigenvalue weighted by Crippen LogP contribution is 2.34. The van der Waals surface area contributed by atoms with E-state index in [9.17, 15) is 4.79 Å². The van der Waals surface area contributed by atoms with Crippen LogP contribution in [0.2, 0.25) is 0 Å². The SMILES string of the molecule is O=C(CSc1nnc(-c2cccs2)c(-c2cccs2)n1)c1cccs1. The molecule has 0 unspecified atom stereocenters. The van der Waals surface area contributed by atoms with Gasteiger partial charge in [0.25, 0.3) is 0 Å². The first kappa shape index (κ1) is 16.6. The highest BCUT2D eigenvalue weighted by atomic mass is 32.2. The molecule has 25 heavy (non-hydrogen) atoms. The second kappa shape index (κ2) is 7.57.